The molecule has 0 radical (unpaired) electrons. The molecule has 2 heterocycles. The monoisotopic (exact) mass is 318 g/mol. The van der Waals surface area contributed by atoms with E-state index in [9.17, 15) is 14.7 Å². The van der Waals surface area contributed by atoms with Gasteiger partial charge in [-0.05, 0) is 5.56 Å². The summed E-state index contributed by atoms with van der Waals surface area (Å²) in [5.41, 5.74) is 1.06. The van der Waals surface area contributed by atoms with Gasteiger partial charge < -0.3 is 19.6 Å². The number of hydrogen-bond acceptors (Lipinski definition) is 4. The highest BCUT2D eigenvalue weighted by Crippen LogP contribution is 2.23. The highest BCUT2D eigenvalue weighted by atomic mass is 16.5. The Balaban J connectivity index is 1.63. The van der Waals surface area contributed by atoms with E-state index in [1.165, 1.54) is 0 Å². The molecule has 2 aliphatic rings. The molecule has 1 N–H and O–H groups in total. The highest BCUT2D eigenvalue weighted by Gasteiger charge is 2.39. The van der Waals surface area contributed by atoms with Crippen molar-refractivity contribution in [2.24, 2.45) is 5.92 Å². The van der Waals surface area contributed by atoms with Crippen molar-refractivity contribution in [1.82, 2.24) is 9.80 Å². The van der Waals surface area contributed by atoms with Crippen LogP contribution in [0.15, 0.2) is 30.3 Å². The number of carbonyl (C=O) groups is 2. The van der Waals surface area contributed by atoms with Gasteiger partial charge in [-0.25, -0.2) is 0 Å². The van der Waals surface area contributed by atoms with E-state index in [0.29, 0.717) is 32.8 Å². The summed E-state index contributed by atoms with van der Waals surface area (Å²) >= 11 is 0. The number of aliphatic hydroxyl groups excluding tert-OH is 1. The van der Waals surface area contributed by atoms with E-state index in [1.54, 1.807) is 9.80 Å². The Labute approximate surface area is 135 Å². The minimum absolute atomic E-state index is 0.0148. The van der Waals surface area contributed by atoms with E-state index < -0.39 is 0 Å². The number of nitrogens with zero attached hydrogens (tertiary/aromatic N) is 2. The van der Waals surface area contributed by atoms with Crippen molar-refractivity contribution in [3.05, 3.63) is 35.9 Å². The third-order valence-electron chi connectivity index (χ3n) is 4.50. The Morgan fingerprint density at radius 2 is 2.09 bits per heavy atom. The van der Waals surface area contributed by atoms with E-state index in [4.69, 9.17) is 4.74 Å². The lowest BCUT2D eigenvalue weighted by Crippen LogP contribution is -2.52. The number of carbonyl (C=O) groups excluding carboxylic acids is 2. The molecule has 1 aromatic carbocycles. The van der Waals surface area contributed by atoms with Crippen LogP contribution in [0.1, 0.15) is 12.0 Å². The van der Waals surface area contributed by atoms with Crippen LogP contribution in [0.3, 0.4) is 0 Å². The zero-order valence-corrected chi connectivity index (χ0v) is 13.1. The number of benzene rings is 1. The maximum absolute atomic E-state index is 12.7. The Morgan fingerprint density at radius 1 is 1.30 bits per heavy atom. The molecule has 6 nitrogen and oxygen atoms in total. The van der Waals surface area contributed by atoms with E-state index >= 15 is 0 Å². The quantitative estimate of drug-likeness (QED) is 0.864. The van der Waals surface area contributed by atoms with Crippen molar-refractivity contribution < 1.29 is 19.4 Å². The van der Waals surface area contributed by atoms with Crippen LogP contribution in [-0.2, 0) is 20.9 Å². The minimum atomic E-state index is -0.321. The number of aliphatic hydroxyl groups is 1. The van der Waals surface area contributed by atoms with Gasteiger partial charge in [0.15, 0.2) is 0 Å². The highest BCUT2D eigenvalue weighted by molar-refractivity contribution is 5.89. The summed E-state index contributed by atoms with van der Waals surface area (Å²) in [6.45, 7) is 2.19. The molecule has 2 unspecified atom stereocenters. The third kappa shape index (κ3) is 3.54. The third-order valence-corrected chi connectivity index (χ3v) is 4.50. The molecule has 124 valence electrons. The maximum Gasteiger partial charge on any atom is 0.228 e. The number of morpholine rings is 1. The number of rotatable bonds is 4. The molecule has 6 heteroatoms. The second-order valence-electron chi connectivity index (χ2n) is 6.10. The Morgan fingerprint density at radius 3 is 2.83 bits per heavy atom. The summed E-state index contributed by atoms with van der Waals surface area (Å²) in [5, 5.41) is 9.40. The molecule has 23 heavy (non-hydrogen) atoms. The average Bonchev–Trinajstić information content (AvgIpc) is 2.96. The SMILES string of the molecule is O=C1CC(C(=O)N2CCOCC2CO)CN1Cc1ccccc1. The zero-order valence-electron chi connectivity index (χ0n) is 13.1. The second-order valence-corrected chi connectivity index (χ2v) is 6.10. The lowest BCUT2D eigenvalue weighted by atomic mass is 10.1. The van der Waals surface area contributed by atoms with Gasteiger partial charge in [0.1, 0.15) is 0 Å². The van der Waals surface area contributed by atoms with E-state index in [0.717, 1.165) is 5.56 Å². The van der Waals surface area contributed by atoms with Gasteiger partial charge in [0.25, 0.3) is 0 Å². The largest absolute Gasteiger partial charge is 0.394 e. The summed E-state index contributed by atoms with van der Waals surface area (Å²) in [6.07, 6.45) is 0.251. The average molecular weight is 318 g/mol. The van der Waals surface area contributed by atoms with Gasteiger partial charge >= 0.3 is 0 Å². The van der Waals surface area contributed by atoms with Crippen molar-refractivity contribution in [2.45, 2.75) is 19.0 Å². The summed E-state index contributed by atoms with van der Waals surface area (Å²) < 4.78 is 5.31. The summed E-state index contributed by atoms with van der Waals surface area (Å²) in [5.74, 6) is -0.351. The fourth-order valence-corrected chi connectivity index (χ4v) is 3.22. The molecule has 0 aliphatic carbocycles. The fourth-order valence-electron chi connectivity index (χ4n) is 3.22. The molecule has 1 aromatic rings. The Hall–Kier alpha value is -1.92. The lowest BCUT2D eigenvalue weighted by Gasteiger charge is -2.36. The first-order valence-electron chi connectivity index (χ1n) is 8.00. The molecule has 0 saturated carbocycles. The topological polar surface area (TPSA) is 70.1 Å². The van der Waals surface area contributed by atoms with Crippen LogP contribution in [0.25, 0.3) is 0 Å². The number of likely N-dealkylation sites (tertiary alicyclic amines) is 1. The molecule has 2 aliphatic heterocycles. The summed E-state index contributed by atoms with van der Waals surface area (Å²) in [6, 6.07) is 9.48. The number of amides is 2. The van der Waals surface area contributed by atoms with Crippen molar-refractivity contribution in [2.75, 3.05) is 32.9 Å². The zero-order chi connectivity index (χ0) is 16.2. The van der Waals surface area contributed by atoms with E-state index in [1.807, 2.05) is 30.3 Å². The first-order chi connectivity index (χ1) is 11.2. The Bertz CT molecular complexity index is 563. The van der Waals surface area contributed by atoms with Gasteiger partial charge in [-0.2, -0.15) is 0 Å². The van der Waals surface area contributed by atoms with Gasteiger partial charge in [0, 0.05) is 26.1 Å². The predicted molar refractivity (Wildman–Crippen MR) is 83.4 cm³/mol. The second kappa shape index (κ2) is 7.10. The van der Waals surface area contributed by atoms with Crippen LogP contribution >= 0.6 is 0 Å². The molecular formula is C17H22N2O4. The molecule has 2 amide bonds. The standard InChI is InChI=1S/C17H22N2O4/c20-11-15-12-23-7-6-19(15)17(22)14-8-16(21)18(10-14)9-13-4-2-1-3-5-13/h1-5,14-15,20H,6-12H2. The van der Waals surface area contributed by atoms with E-state index in [2.05, 4.69) is 0 Å². The van der Waals surface area contributed by atoms with Crippen LogP contribution in [-0.4, -0.2) is 65.7 Å². The first kappa shape index (κ1) is 16.0. The summed E-state index contributed by atoms with van der Waals surface area (Å²) in [4.78, 5) is 28.3. The maximum atomic E-state index is 12.7. The van der Waals surface area contributed by atoms with Crippen molar-refractivity contribution in [3.8, 4) is 0 Å². The van der Waals surface area contributed by atoms with Crippen LogP contribution in [0.5, 0.6) is 0 Å². The molecule has 2 atom stereocenters. The smallest absolute Gasteiger partial charge is 0.228 e. The minimum Gasteiger partial charge on any atom is -0.394 e. The van der Waals surface area contributed by atoms with Crippen molar-refractivity contribution in [3.63, 3.8) is 0 Å². The molecule has 0 bridgehead atoms. The molecule has 0 aromatic heterocycles. The fraction of sp³-hybridized carbons (Fsp3) is 0.529. The molecular weight excluding hydrogens is 296 g/mol. The van der Waals surface area contributed by atoms with Gasteiger partial charge in [0.2, 0.25) is 11.8 Å². The molecule has 3 rings (SSSR count). The van der Waals surface area contributed by atoms with E-state index in [-0.39, 0.29) is 36.8 Å². The van der Waals surface area contributed by atoms with Gasteiger partial charge in [0.05, 0.1) is 31.8 Å². The first-order valence-corrected chi connectivity index (χ1v) is 8.00. The van der Waals surface area contributed by atoms with Crippen molar-refractivity contribution >= 4 is 11.8 Å². The van der Waals surface area contributed by atoms with Gasteiger partial charge in [-0.15, -0.1) is 0 Å². The van der Waals surface area contributed by atoms with Crippen LogP contribution in [0.4, 0.5) is 0 Å². The number of ether oxygens (including phenoxy) is 1. The predicted octanol–water partition coefficient (Wildman–Crippen LogP) is 0.255. The van der Waals surface area contributed by atoms with Crippen LogP contribution in [0.2, 0.25) is 0 Å². The molecule has 2 saturated heterocycles. The van der Waals surface area contributed by atoms with Gasteiger partial charge in [-0.3, -0.25) is 9.59 Å². The van der Waals surface area contributed by atoms with Crippen molar-refractivity contribution in [1.29, 1.82) is 0 Å². The van der Waals surface area contributed by atoms with Crippen LogP contribution < -0.4 is 0 Å². The van der Waals surface area contributed by atoms with Gasteiger partial charge in [-0.1, -0.05) is 30.3 Å². The molecule has 2 fully saturated rings. The normalized spacial score (nSPS) is 25.0. The summed E-state index contributed by atoms with van der Waals surface area (Å²) in [7, 11) is 0. The lowest BCUT2D eigenvalue weighted by molar-refractivity contribution is -0.145. The Kier molecular flexibility index (Phi) is 4.93. The number of hydrogen-bond donors (Lipinski definition) is 1. The molecule has 0 spiro atoms. The van der Waals surface area contributed by atoms with Crippen LogP contribution in [0, 0.1) is 5.92 Å².